The van der Waals surface area contributed by atoms with Gasteiger partial charge in [-0.25, -0.2) is 0 Å². The third-order valence-electron chi connectivity index (χ3n) is 3.41. The molecule has 0 radical (unpaired) electrons. The quantitative estimate of drug-likeness (QED) is 0.711. The molecule has 2 aromatic carbocycles. The van der Waals surface area contributed by atoms with E-state index in [0.717, 1.165) is 12.2 Å². The molecule has 0 amide bonds. The van der Waals surface area contributed by atoms with Crippen LogP contribution in [0.3, 0.4) is 0 Å². The molecule has 1 aliphatic rings. The number of hydrogen-bond donors (Lipinski definition) is 0. The molecule has 0 saturated carbocycles. The number of ether oxygens (including phenoxy) is 1. The Morgan fingerprint density at radius 3 is 2.47 bits per heavy atom. The zero-order chi connectivity index (χ0) is 11.7. The topological polar surface area (TPSA) is 9.23 Å². The van der Waals surface area contributed by atoms with Gasteiger partial charge in [-0.1, -0.05) is 55.5 Å². The number of benzene rings is 2. The fourth-order valence-corrected chi connectivity index (χ4v) is 2.53. The van der Waals surface area contributed by atoms with Gasteiger partial charge in [-0.05, 0) is 23.6 Å². The molecule has 0 spiro atoms. The van der Waals surface area contributed by atoms with Crippen LogP contribution in [0.4, 0.5) is 0 Å². The van der Waals surface area contributed by atoms with Gasteiger partial charge in [0.1, 0.15) is 11.9 Å². The van der Waals surface area contributed by atoms with Crippen molar-refractivity contribution < 1.29 is 4.74 Å². The van der Waals surface area contributed by atoms with Crippen molar-refractivity contribution in [2.75, 3.05) is 0 Å². The van der Waals surface area contributed by atoms with Crippen molar-refractivity contribution >= 4 is 0 Å². The Kier molecular flexibility index (Phi) is 2.60. The molecule has 0 bridgehead atoms. The van der Waals surface area contributed by atoms with E-state index >= 15 is 0 Å². The van der Waals surface area contributed by atoms with E-state index < -0.39 is 0 Å². The lowest BCUT2D eigenvalue weighted by molar-refractivity contribution is 0.123. The van der Waals surface area contributed by atoms with Gasteiger partial charge in [0, 0.05) is 5.92 Å². The average Bonchev–Trinajstić information content (AvgIpc) is 2.39. The molecule has 0 N–H and O–H groups in total. The van der Waals surface area contributed by atoms with Crippen LogP contribution in [0.1, 0.15) is 24.2 Å². The molecular formula is C16H16O. The van der Waals surface area contributed by atoms with Crippen molar-refractivity contribution in [3.05, 3.63) is 65.7 Å². The van der Waals surface area contributed by atoms with Crippen LogP contribution in [-0.2, 0) is 6.42 Å². The summed E-state index contributed by atoms with van der Waals surface area (Å²) in [5, 5.41) is 0. The largest absolute Gasteiger partial charge is 0.485 e. The predicted octanol–water partition coefficient (Wildman–Crippen LogP) is 4.00. The van der Waals surface area contributed by atoms with Crippen molar-refractivity contribution in [2.24, 2.45) is 5.92 Å². The summed E-state index contributed by atoms with van der Waals surface area (Å²) >= 11 is 0. The summed E-state index contributed by atoms with van der Waals surface area (Å²) in [7, 11) is 0. The average molecular weight is 224 g/mol. The Hall–Kier alpha value is -1.76. The van der Waals surface area contributed by atoms with Crippen LogP contribution in [-0.4, -0.2) is 0 Å². The monoisotopic (exact) mass is 224 g/mol. The van der Waals surface area contributed by atoms with Gasteiger partial charge in [0.05, 0.1) is 0 Å². The molecule has 2 aromatic rings. The van der Waals surface area contributed by atoms with Gasteiger partial charge < -0.3 is 4.74 Å². The Bertz CT molecular complexity index is 504. The first-order valence-electron chi connectivity index (χ1n) is 6.14. The Morgan fingerprint density at radius 1 is 0.941 bits per heavy atom. The molecule has 2 atom stereocenters. The van der Waals surface area contributed by atoms with Crippen LogP contribution in [0, 0.1) is 5.92 Å². The molecule has 1 heterocycles. The second kappa shape index (κ2) is 4.25. The van der Waals surface area contributed by atoms with Crippen LogP contribution in [0.2, 0.25) is 0 Å². The maximum absolute atomic E-state index is 6.13. The van der Waals surface area contributed by atoms with E-state index in [0.29, 0.717) is 5.92 Å². The molecular weight excluding hydrogens is 208 g/mol. The second-order valence-corrected chi connectivity index (χ2v) is 4.74. The fourth-order valence-electron chi connectivity index (χ4n) is 2.53. The summed E-state index contributed by atoms with van der Waals surface area (Å²) in [6.45, 7) is 2.26. The molecule has 1 nitrogen and oxygen atoms in total. The molecule has 0 aliphatic carbocycles. The van der Waals surface area contributed by atoms with E-state index in [1.807, 2.05) is 12.1 Å². The first kappa shape index (κ1) is 10.4. The molecule has 0 aromatic heterocycles. The van der Waals surface area contributed by atoms with Crippen LogP contribution >= 0.6 is 0 Å². The van der Waals surface area contributed by atoms with Gasteiger partial charge in [-0.2, -0.15) is 0 Å². The molecule has 17 heavy (non-hydrogen) atoms. The van der Waals surface area contributed by atoms with Crippen LogP contribution in [0.15, 0.2) is 54.6 Å². The van der Waals surface area contributed by atoms with Gasteiger partial charge in [-0.15, -0.1) is 0 Å². The third kappa shape index (κ3) is 1.93. The summed E-state index contributed by atoms with van der Waals surface area (Å²) in [5.74, 6) is 1.56. The van der Waals surface area contributed by atoms with Crippen molar-refractivity contribution in [2.45, 2.75) is 19.4 Å². The summed E-state index contributed by atoms with van der Waals surface area (Å²) < 4.78 is 6.13. The van der Waals surface area contributed by atoms with Gasteiger partial charge in [0.25, 0.3) is 0 Å². The van der Waals surface area contributed by atoms with E-state index in [-0.39, 0.29) is 6.10 Å². The minimum absolute atomic E-state index is 0.186. The first-order valence-corrected chi connectivity index (χ1v) is 6.14. The highest BCUT2D eigenvalue weighted by molar-refractivity contribution is 5.37. The lowest BCUT2D eigenvalue weighted by Gasteiger charge is -2.31. The molecule has 86 valence electrons. The molecule has 0 saturated heterocycles. The minimum Gasteiger partial charge on any atom is -0.485 e. The van der Waals surface area contributed by atoms with Crippen LogP contribution in [0.25, 0.3) is 0 Å². The molecule has 0 unspecified atom stereocenters. The molecule has 1 heteroatoms. The molecule has 3 rings (SSSR count). The van der Waals surface area contributed by atoms with Gasteiger partial charge in [0.15, 0.2) is 0 Å². The number of para-hydroxylation sites is 1. The Morgan fingerprint density at radius 2 is 1.65 bits per heavy atom. The van der Waals surface area contributed by atoms with E-state index in [2.05, 4.69) is 49.4 Å². The zero-order valence-corrected chi connectivity index (χ0v) is 9.97. The Labute approximate surface area is 102 Å². The summed E-state index contributed by atoms with van der Waals surface area (Å²) in [6.07, 6.45) is 1.28. The van der Waals surface area contributed by atoms with Crippen LogP contribution in [0.5, 0.6) is 5.75 Å². The second-order valence-electron chi connectivity index (χ2n) is 4.74. The molecule has 1 aliphatic heterocycles. The zero-order valence-electron chi connectivity index (χ0n) is 9.97. The summed E-state index contributed by atoms with van der Waals surface area (Å²) in [4.78, 5) is 0. The third-order valence-corrected chi connectivity index (χ3v) is 3.41. The predicted molar refractivity (Wildman–Crippen MR) is 69.1 cm³/mol. The van der Waals surface area contributed by atoms with Crippen molar-refractivity contribution in [1.29, 1.82) is 0 Å². The lowest BCUT2D eigenvalue weighted by atomic mass is 9.88. The number of fused-ring (bicyclic) bond motifs is 1. The highest BCUT2D eigenvalue weighted by Crippen LogP contribution is 2.38. The SMILES string of the molecule is C[C@@H]1Cc2ccccc2O[C@H]1c1ccccc1. The standard InChI is InChI=1S/C16H16O/c1-12-11-14-9-5-6-10-15(14)17-16(12)13-7-3-2-4-8-13/h2-10,12,16H,11H2,1H3/t12-,16-/m1/s1. The summed E-state index contributed by atoms with van der Waals surface area (Å²) in [5.41, 5.74) is 2.60. The maximum atomic E-state index is 6.13. The van der Waals surface area contributed by atoms with E-state index in [9.17, 15) is 0 Å². The normalized spacial score (nSPS) is 22.6. The summed E-state index contributed by atoms with van der Waals surface area (Å²) in [6, 6.07) is 18.8. The van der Waals surface area contributed by atoms with Crippen molar-refractivity contribution in [3.8, 4) is 5.75 Å². The van der Waals surface area contributed by atoms with Gasteiger partial charge in [-0.3, -0.25) is 0 Å². The smallest absolute Gasteiger partial charge is 0.127 e. The van der Waals surface area contributed by atoms with Gasteiger partial charge in [0.2, 0.25) is 0 Å². The fraction of sp³-hybridized carbons (Fsp3) is 0.250. The lowest BCUT2D eigenvalue weighted by Crippen LogP contribution is -2.23. The first-order chi connectivity index (χ1) is 8.34. The number of rotatable bonds is 1. The van der Waals surface area contributed by atoms with E-state index in [4.69, 9.17) is 4.74 Å². The maximum Gasteiger partial charge on any atom is 0.127 e. The van der Waals surface area contributed by atoms with Crippen molar-refractivity contribution in [3.63, 3.8) is 0 Å². The Balaban J connectivity index is 1.95. The van der Waals surface area contributed by atoms with E-state index in [1.165, 1.54) is 11.1 Å². The minimum atomic E-state index is 0.186. The van der Waals surface area contributed by atoms with Crippen LogP contribution < -0.4 is 4.74 Å². The van der Waals surface area contributed by atoms with Gasteiger partial charge >= 0.3 is 0 Å². The van der Waals surface area contributed by atoms with E-state index in [1.54, 1.807) is 0 Å². The highest BCUT2D eigenvalue weighted by atomic mass is 16.5. The molecule has 0 fully saturated rings. The number of hydrogen-bond acceptors (Lipinski definition) is 1. The highest BCUT2D eigenvalue weighted by Gasteiger charge is 2.27. The van der Waals surface area contributed by atoms with Crippen molar-refractivity contribution in [1.82, 2.24) is 0 Å².